The molecule has 0 aromatic rings. The summed E-state index contributed by atoms with van der Waals surface area (Å²) in [4.78, 5) is 11.6. The van der Waals surface area contributed by atoms with E-state index >= 15 is 0 Å². The number of unbranched alkanes of at least 4 members (excludes halogenated alkanes) is 5. The summed E-state index contributed by atoms with van der Waals surface area (Å²) >= 11 is 0. The maximum atomic E-state index is 11.6. The van der Waals surface area contributed by atoms with E-state index in [2.05, 4.69) is 12.2 Å². The number of hydrogen-bond acceptors (Lipinski definition) is 3. The third-order valence-corrected chi connectivity index (χ3v) is 2.85. The molecule has 1 atom stereocenters. The van der Waals surface area contributed by atoms with Gasteiger partial charge in [0.1, 0.15) is 5.60 Å². The molecule has 0 aliphatic heterocycles. The number of amides is 1. The van der Waals surface area contributed by atoms with Crippen molar-refractivity contribution in [3.8, 4) is 0 Å². The molecule has 0 saturated heterocycles. The van der Waals surface area contributed by atoms with Crippen LogP contribution in [0.4, 0.5) is 4.79 Å². The van der Waals surface area contributed by atoms with Gasteiger partial charge in [-0.1, -0.05) is 45.4 Å². The average molecular weight is 273 g/mol. The van der Waals surface area contributed by atoms with Gasteiger partial charge in [-0.05, 0) is 27.2 Å². The number of ether oxygens (including phenoxy) is 1. The van der Waals surface area contributed by atoms with Crippen LogP contribution in [-0.4, -0.2) is 29.4 Å². The second kappa shape index (κ2) is 10.1. The Morgan fingerprint density at radius 3 is 2.26 bits per heavy atom. The summed E-state index contributed by atoms with van der Waals surface area (Å²) in [6, 6.07) is -0.193. The Labute approximate surface area is 117 Å². The number of nitrogens with one attached hydrogen (secondary N) is 1. The lowest BCUT2D eigenvalue weighted by Gasteiger charge is -2.22. The summed E-state index contributed by atoms with van der Waals surface area (Å²) in [5, 5.41) is 12.0. The van der Waals surface area contributed by atoms with Crippen LogP contribution < -0.4 is 5.32 Å². The van der Waals surface area contributed by atoms with Gasteiger partial charge in [-0.25, -0.2) is 4.79 Å². The van der Waals surface area contributed by atoms with E-state index in [1.54, 1.807) is 0 Å². The second-order valence-corrected chi connectivity index (χ2v) is 6.08. The molecule has 0 aromatic carbocycles. The van der Waals surface area contributed by atoms with Crippen molar-refractivity contribution >= 4 is 6.09 Å². The normalized spacial score (nSPS) is 13.1. The highest BCUT2D eigenvalue weighted by molar-refractivity contribution is 5.68. The molecule has 0 spiro atoms. The van der Waals surface area contributed by atoms with Crippen molar-refractivity contribution in [1.29, 1.82) is 0 Å². The first kappa shape index (κ1) is 18.2. The minimum atomic E-state index is -0.496. The maximum absolute atomic E-state index is 11.6. The maximum Gasteiger partial charge on any atom is 0.407 e. The van der Waals surface area contributed by atoms with Gasteiger partial charge < -0.3 is 15.2 Å². The van der Waals surface area contributed by atoms with E-state index < -0.39 is 11.7 Å². The smallest absolute Gasteiger partial charge is 0.407 e. The highest BCUT2D eigenvalue weighted by atomic mass is 16.6. The third kappa shape index (κ3) is 12.0. The summed E-state index contributed by atoms with van der Waals surface area (Å²) in [5.41, 5.74) is -0.496. The van der Waals surface area contributed by atoms with E-state index in [1.165, 1.54) is 25.7 Å². The van der Waals surface area contributed by atoms with Gasteiger partial charge in [-0.2, -0.15) is 0 Å². The van der Waals surface area contributed by atoms with Gasteiger partial charge in [0, 0.05) is 0 Å². The molecule has 4 nitrogen and oxygen atoms in total. The molecule has 0 aliphatic carbocycles. The number of aliphatic hydroxyl groups is 1. The lowest BCUT2D eigenvalue weighted by molar-refractivity contribution is 0.0478. The van der Waals surface area contributed by atoms with Crippen LogP contribution in [0.2, 0.25) is 0 Å². The summed E-state index contributed by atoms with van der Waals surface area (Å²) < 4.78 is 5.17. The zero-order valence-electron chi connectivity index (χ0n) is 13.0. The molecule has 1 unspecified atom stereocenters. The van der Waals surface area contributed by atoms with Crippen LogP contribution in [0, 0.1) is 0 Å². The highest BCUT2D eigenvalue weighted by Crippen LogP contribution is 2.10. The van der Waals surface area contributed by atoms with E-state index in [9.17, 15) is 9.90 Å². The molecular weight excluding hydrogens is 242 g/mol. The molecule has 1 amide bonds. The predicted molar refractivity (Wildman–Crippen MR) is 78.2 cm³/mol. The summed E-state index contributed by atoms with van der Waals surface area (Å²) in [6.45, 7) is 7.65. The summed E-state index contributed by atoms with van der Waals surface area (Å²) in [5.74, 6) is 0. The van der Waals surface area contributed by atoms with Crippen LogP contribution in [0.1, 0.15) is 72.6 Å². The molecule has 0 rings (SSSR count). The minimum absolute atomic E-state index is 0.0335. The fraction of sp³-hybridized carbons (Fsp3) is 0.933. The molecule has 0 aliphatic rings. The molecule has 0 radical (unpaired) electrons. The Bertz CT molecular complexity index is 236. The van der Waals surface area contributed by atoms with E-state index in [1.807, 2.05) is 20.8 Å². The van der Waals surface area contributed by atoms with E-state index in [0.29, 0.717) is 0 Å². The van der Waals surface area contributed by atoms with Gasteiger partial charge in [0.05, 0.1) is 12.6 Å². The zero-order chi connectivity index (χ0) is 14.7. The van der Waals surface area contributed by atoms with Gasteiger partial charge in [-0.3, -0.25) is 0 Å². The molecule has 114 valence electrons. The van der Waals surface area contributed by atoms with Crippen molar-refractivity contribution in [3.05, 3.63) is 0 Å². The molecule has 4 heteroatoms. The lowest BCUT2D eigenvalue weighted by Crippen LogP contribution is -2.41. The topological polar surface area (TPSA) is 58.6 Å². The van der Waals surface area contributed by atoms with Crippen LogP contribution in [0.15, 0.2) is 0 Å². The number of rotatable bonds is 9. The first-order chi connectivity index (χ1) is 8.89. The fourth-order valence-corrected chi connectivity index (χ4v) is 1.85. The molecular formula is C15H31NO3. The first-order valence-corrected chi connectivity index (χ1v) is 7.49. The number of alkyl carbamates (subject to hydrolysis) is 1. The number of hydrogen-bond donors (Lipinski definition) is 2. The van der Waals surface area contributed by atoms with Crippen molar-refractivity contribution in [2.75, 3.05) is 6.61 Å². The van der Waals surface area contributed by atoms with Crippen molar-refractivity contribution in [3.63, 3.8) is 0 Å². The predicted octanol–water partition coefficient (Wildman–Crippen LogP) is 3.62. The van der Waals surface area contributed by atoms with Gasteiger partial charge in [0.25, 0.3) is 0 Å². The SMILES string of the molecule is CCCCCCCCC(CO)NC(=O)OC(C)(C)C. The Morgan fingerprint density at radius 1 is 1.16 bits per heavy atom. The summed E-state index contributed by atoms with van der Waals surface area (Å²) in [6.07, 6.45) is 7.61. The van der Waals surface area contributed by atoms with Gasteiger partial charge >= 0.3 is 6.09 Å². The van der Waals surface area contributed by atoms with Crippen LogP contribution in [0.25, 0.3) is 0 Å². The number of carbonyl (C=O) groups excluding carboxylic acids is 1. The van der Waals surface area contributed by atoms with Crippen molar-refractivity contribution in [2.45, 2.75) is 84.3 Å². The average Bonchev–Trinajstić information content (AvgIpc) is 2.29. The molecule has 0 bridgehead atoms. The Kier molecular flexibility index (Phi) is 9.66. The van der Waals surface area contributed by atoms with Crippen LogP contribution in [0.5, 0.6) is 0 Å². The minimum Gasteiger partial charge on any atom is -0.444 e. The lowest BCUT2D eigenvalue weighted by atomic mass is 10.1. The Balaban J connectivity index is 3.73. The molecule has 19 heavy (non-hydrogen) atoms. The second-order valence-electron chi connectivity index (χ2n) is 6.08. The zero-order valence-corrected chi connectivity index (χ0v) is 13.0. The fourth-order valence-electron chi connectivity index (χ4n) is 1.85. The largest absolute Gasteiger partial charge is 0.444 e. The molecule has 2 N–H and O–H groups in total. The molecule has 0 fully saturated rings. The van der Waals surface area contributed by atoms with Gasteiger partial charge in [0.15, 0.2) is 0 Å². The van der Waals surface area contributed by atoms with Crippen LogP contribution >= 0.6 is 0 Å². The van der Waals surface area contributed by atoms with E-state index in [4.69, 9.17) is 4.74 Å². The summed E-state index contributed by atoms with van der Waals surface area (Å²) in [7, 11) is 0. The number of carbonyl (C=O) groups is 1. The van der Waals surface area contributed by atoms with Crippen molar-refractivity contribution in [1.82, 2.24) is 5.32 Å². The standard InChI is InChI=1S/C15H31NO3/c1-5-6-7-8-9-10-11-13(12-17)16-14(18)19-15(2,3)4/h13,17H,5-12H2,1-4H3,(H,16,18). The van der Waals surface area contributed by atoms with Crippen LogP contribution in [-0.2, 0) is 4.74 Å². The van der Waals surface area contributed by atoms with Crippen molar-refractivity contribution < 1.29 is 14.6 Å². The van der Waals surface area contributed by atoms with Gasteiger partial charge in [0.2, 0.25) is 0 Å². The van der Waals surface area contributed by atoms with Crippen LogP contribution in [0.3, 0.4) is 0 Å². The highest BCUT2D eigenvalue weighted by Gasteiger charge is 2.18. The number of aliphatic hydroxyl groups excluding tert-OH is 1. The Morgan fingerprint density at radius 2 is 1.74 bits per heavy atom. The molecule has 0 saturated carbocycles. The van der Waals surface area contributed by atoms with E-state index in [-0.39, 0.29) is 12.6 Å². The molecule has 0 aromatic heterocycles. The monoisotopic (exact) mass is 273 g/mol. The first-order valence-electron chi connectivity index (χ1n) is 7.49. The quantitative estimate of drug-likeness (QED) is 0.631. The third-order valence-electron chi connectivity index (χ3n) is 2.85. The van der Waals surface area contributed by atoms with Crippen molar-refractivity contribution in [2.24, 2.45) is 0 Å². The molecule has 0 heterocycles. The van der Waals surface area contributed by atoms with Gasteiger partial charge in [-0.15, -0.1) is 0 Å². The Hall–Kier alpha value is -0.770. The van der Waals surface area contributed by atoms with E-state index in [0.717, 1.165) is 19.3 Å².